The molecule has 0 aromatic heterocycles. The number of carbonyl (C=O) groups excluding carboxylic acids is 1. The Kier molecular flexibility index (Phi) is 5.90. The highest BCUT2D eigenvalue weighted by Crippen LogP contribution is 1.99. The van der Waals surface area contributed by atoms with Crippen LogP contribution in [0.15, 0.2) is 0 Å². The van der Waals surface area contributed by atoms with Crippen molar-refractivity contribution in [3.05, 3.63) is 11.4 Å². The lowest BCUT2D eigenvalue weighted by Crippen LogP contribution is -2.52. The molecule has 0 bridgehead atoms. The molecule has 0 aromatic carbocycles. The topological polar surface area (TPSA) is 65.7 Å². The van der Waals surface area contributed by atoms with Crippen LogP contribution in [0, 0.1) is 6.57 Å². The van der Waals surface area contributed by atoms with Gasteiger partial charge in [0, 0.05) is 5.54 Å². The number of nitrogens with zero attached hydrogens (tertiary/aromatic N) is 1. The first-order valence-corrected chi connectivity index (χ1v) is 4.90. The molecule has 86 valence electrons. The zero-order chi connectivity index (χ0) is 11.9. The lowest BCUT2D eigenvalue weighted by atomic mass is 10.1. The molecule has 0 radical (unpaired) electrons. The first kappa shape index (κ1) is 13.9. The van der Waals surface area contributed by atoms with Gasteiger partial charge in [-0.25, -0.2) is 6.57 Å². The molecule has 0 aliphatic rings. The van der Waals surface area contributed by atoms with Gasteiger partial charge in [0.25, 0.3) is 0 Å². The summed E-state index contributed by atoms with van der Waals surface area (Å²) in [4.78, 5) is 14.7. The zero-order valence-corrected chi connectivity index (χ0v) is 9.50. The lowest BCUT2D eigenvalue weighted by molar-refractivity contribution is -0.125. The zero-order valence-electron chi connectivity index (χ0n) is 9.50. The molecule has 0 aliphatic carbocycles. The fourth-order valence-electron chi connectivity index (χ4n) is 0.992. The van der Waals surface area contributed by atoms with Crippen molar-refractivity contribution in [1.29, 1.82) is 0 Å². The van der Waals surface area contributed by atoms with Gasteiger partial charge in [-0.3, -0.25) is 10.1 Å². The molecule has 5 nitrogen and oxygen atoms in total. The van der Waals surface area contributed by atoms with E-state index in [4.69, 9.17) is 11.7 Å². The van der Waals surface area contributed by atoms with Gasteiger partial charge in [-0.05, 0) is 20.8 Å². The molecule has 0 aliphatic heterocycles. The van der Waals surface area contributed by atoms with Gasteiger partial charge in [-0.2, -0.15) is 0 Å². The predicted octanol–water partition coefficient (Wildman–Crippen LogP) is -0.229. The number of aliphatic hydroxyl groups excluding tert-OH is 1. The van der Waals surface area contributed by atoms with E-state index in [1.807, 2.05) is 20.8 Å². The highest BCUT2D eigenvalue weighted by Gasteiger charge is 2.21. The van der Waals surface area contributed by atoms with Crippen LogP contribution in [-0.4, -0.2) is 42.3 Å². The van der Waals surface area contributed by atoms with E-state index in [9.17, 15) is 4.79 Å². The fourth-order valence-corrected chi connectivity index (χ4v) is 0.992. The standard InChI is InChI=1S/C10H19N3O2/c1-10(2,3)13-9(15)8(7-14)12-6-5-11-4/h8,12,14H,5-7H2,1-3H3,(H,13,15)/t8-/m0/s1. The van der Waals surface area contributed by atoms with Gasteiger partial charge in [0.05, 0.1) is 13.2 Å². The number of carbonyl (C=O) groups is 1. The van der Waals surface area contributed by atoms with Crippen LogP contribution >= 0.6 is 0 Å². The smallest absolute Gasteiger partial charge is 0.239 e. The molecular weight excluding hydrogens is 194 g/mol. The second-order valence-electron chi connectivity index (χ2n) is 4.31. The van der Waals surface area contributed by atoms with E-state index in [1.165, 1.54) is 0 Å². The Morgan fingerprint density at radius 1 is 1.53 bits per heavy atom. The van der Waals surface area contributed by atoms with Crippen LogP contribution in [0.5, 0.6) is 0 Å². The van der Waals surface area contributed by atoms with Crippen LogP contribution in [-0.2, 0) is 4.79 Å². The van der Waals surface area contributed by atoms with Crippen molar-refractivity contribution in [2.45, 2.75) is 32.4 Å². The summed E-state index contributed by atoms with van der Waals surface area (Å²) in [7, 11) is 0. The van der Waals surface area contributed by atoms with Gasteiger partial charge in [-0.1, -0.05) is 0 Å². The van der Waals surface area contributed by atoms with Crippen molar-refractivity contribution >= 4 is 5.91 Å². The molecular formula is C10H19N3O2. The summed E-state index contributed by atoms with van der Waals surface area (Å²) in [6.07, 6.45) is 0. The molecule has 0 saturated heterocycles. The molecule has 1 amide bonds. The van der Waals surface area contributed by atoms with Crippen molar-refractivity contribution in [2.75, 3.05) is 19.7 Å². The van der Waals surface area contributed by atoms with Crippen LogP contribution in [0.4, 0.5) is 0 Å². The molecule has 0 aromatic rings. The maximum Gasteiger partial charge on any atom is 0.239 e. The Hall–Kier alpha value is -1.12. The highest BCUT2D eigenvalue weighted by atomic mass is 16.3. The van der Waals surface area contributed by atoms with Gasteiger partial charge >= 0.3 is 0 Å². The van der Waals surface area contributed by atoms with Gasteiger partial charge in [0.15, 0.2) is 0 Å². The third-order valence-electron chi connectivity index (χ3n) is 1.61. The number of rotatable bonds is 5. The van der Waals surface area contributed by atoms with Crippen LogP contribution in [0.25, 0.3) is 4.85 Å². The van der Waals surface area contributed by atoms with Gasteiger partial charge in [0.2, 0.25) is 12.5 Å². The number of hydrogen-bond donors (Lipinski definition) is 3. The van der Waals surface area contributed by atoms with Crippen LogP contribution in [0.1, 0.15) is 20.8 Å². The molecule has 15 heavy (non-hydrogen) atoms. The van der Waals surface area contributed by atoms with Crippen molar-refractivity contribution in [3.63, 3.8) is 0 Å². The Balaban J connectivity index is 4.06. The van der Waals surface area contributed by atoms with Crippen molar-refractivity contribution in [3.8, 4) is 0 Å². The second kappa shape index (κ2) is 6.38. The first-order chi connectivity index (χ1) is 6.90. The quantitative estimate of drug-likeness (QED) is 0.436. The lowest BCUT2D eigenvalue weighted by Gasteiger charge is -2.24. The molecule has 0 rings (SSSR count). The maximum atomic E-state index is 11.6. The van der Waals surface area contributed by atoms with E-state index < -0.39 is 6.04 Å². The van der Waals surface area contributed by atoms with Crippen molar-refractivity contribution in [2.24, 2.45) is 0 Å². The van der Waals surface area contributed by atoms with Crippen molar-refractivity contribution < 1.29 is 9.90 Å². The monoisotopic (exact) mass is 213 g/mol. The normalized spacial score (nSPS) is 13.0. The van der Waals surface area contributed by atoms with E-state index in [1.54, 1.807) is 0 Å². The minimum Gasteiger partial charge on any atom is -0.394 e. The molecule has 5 heteroatoms. The Bertz CT molecular complexity index is 240. The molecule has 1 atom stereocenters. The SMILES string of the molecule is [C-]#[N+]CCN[C@@H](CO)C(=O)NC(C)(C)C. The summed E-state index contributed by atoms with van der Waals surface area (Å²) in [5, 5.41) is 14.6. The average molecular weight is 213 g/mol. The minimum absolute atomic E-state index is 0.241. The summed E-state index contributed by atoms with van der Waals surface area (Å²) in [6.45, 7) is 12.6. The van der Waals surface area contributed by atoms with Gasteiger partial charge in [0.1, 0.15) is 6.04 Å². The average Bonchev–Trinajstić information content (AvgIpc) is 2.09. The van der Waals surface area contributed by atoms with Gasteiger partial charge in [-0.15, -0.1) is 0 Å². The number of aliphatic hydroxyl groups is 1. The summed E-state index contributed by atoms with van der Waals surface area (Å²) >= 11 is 0. The Morgan fingerprint density at radius 2 is 2.13 bits per heavy atom. The summed E-state index contributed by atoms with van der Waals surface area (Å²) in [5.41, 5.74) is -0.314. The number of nitrogens with one attached hydrogen (secondary N) is 2. The van der Waals surface area contributed by atoms with Crippen LogP contribution in [0.2, 0.25) is 0 Å². The summed E-state index contributed by atoms with van der Waals surface area (Å²) in [6, 6.07) is -0.633. The summed E-state index contributed by atoms with van der Waals surface area (Å²) < 4.78 is 0. The van der Waals surface area contributed by atoms with Crippen molar-refractivity contribution in [1.82, 2.24) is 10.6 Å². The minimum atomic E-state index is -0.633. The number of hydrogen-bond acceptors (Lipinski definition) is 3. The highest BCUT2D eigenvalue weighted by molar-refractivity contribution is 5.82. The van der Waals surface area contributed by atoms with E-state index in [-0.39, 0.29) is 18.1 Å². The second-order valence-corrected chi connectivity index (χ2v) is 4.31. The molecule has 0 fully saturated rings. The maximum absolute atomic E-state index is 11.6. The molecule has 0 saturated carbocycles. The summed E-state index contributed by atoms with van der Waals surface area (Å²) in [5.74, 6) is -0.241. The molecule has 3 N–H and O–H groups in total. The largest absolute Gasteiger partial charge is 0.394 e. The van der Waals surface area contributed by atoms with Crippen LogP contribution in [0.3, 0.4) is 0 Å². The Labute approximate surface area is 90.7 Å². The third kappa shape index (κ3) is 6.89. The third-order valence-corrected chi connectivity index (χ3v) is 1.61. The van der Waals surface area contributed by atoms with E-state index in [0.29, 0.717) is 13.1 Å². The molecule has 0 spiro atoms. The van der Waals surface area contributed by atoms with Crippen LogP contribution < -0.4 is 10.6 Å². The van der Waals surface area contributed by atoms with E-state index in [2.05, 4.69) is 15.5 Å². The number of amides is 1. The predicted molar refractivity (Wildman–Crippen MR) is 58.2 cm³/mol. The Morgan fingerprint density at radius 3 is 2.53 bits per heavy atom. The fraction of sp³-hybridized carbons (Fsp3) is 0.800. The van der Waals surface area contributed by atoms with Gasteiger partial charge < -0.3 is 15.3 Å². The first-order valence-electron chi connectivity index (χ1n) is 4.90. The van der Waals surface area contributed by atoms with E-state index in [0.717, 1.165) is 0 Å². The molecule has 0 heterocycles. The van der Waals surface area contributed by atoms with E-state index >= 15 is 0 Å². The molecule has 0 unspecified atom stereocenters.